The maximum atomic E-state index is 13.7. The van der Waals surface area contributed by atoms with Crippen LogP contribution in [0.2, 0.25) is 0 Å². The SMILES string of the molecule is CCOc1ccc(C2CC(=O)C3=C(C2)Nc2ccccc2NC3c2ccc(OC(C)C)cc2)cc1. The highest BCUT2D eigenvalue weighted by Gasteiger charge is 2.36. The molecule has 3 aromatic carbocycles. The lowest BCUT2D eigenvalue weighted by molar-refractivity contribution is -0.116. The Bertz CT molecular complexity index is 1230. The monoisotopic (exact) mass is 468 g/mol. The molecule has 2 atom stereocenters. The summed E-state index contributed by atoms with van der Waals surface area (Å²) in [6, 6.07) is 24.1. The molecule has 3 aromatic rings. The number of ketones is 1. The first-order valence-electron chi connectivity index (χ1n) is 12.4. The molecule has 0 amide bonds. The highest BCUT2D eigenvalue weighted by Crippen LogP contribution is 2.44. The van der Waals surface area contributed by atoms with Crippen LogP contribution < -0.4 is 20.1 Å². The van der Waals surface area contributed by atoms with Crippen molar-refractivity contribution >= 4 is 17.2 Å². The van der Waals surface area contributed by atoms with E-state index in [-0.39, 0.29) is 23.8 Å². The van der Waals surface area contributed by atoms with Gasteiger partial charge in [-0.15, -0.1) is 0 Å². The molecule has 2 unspecified atom stereocenters. The Balaban J connectivity index is 1.50. The standard InChI is InChI=1S/C30H32N2O3/c1-4-34-23-13-9-20(10-14-23)22-17-27-29(28(33)18-22)30(32-26-8-6-5-7-25(26)31-27)21-11-15-24(16-12-21)35-19(2)3/h5-16,19,22,30-32H,4,17-18H2,1-3H3. The third-order valence-corrected chi connectivity index (χ3v) is 6.56. The van der Waals surface area contributed by atoms with Crippen molar-refractivity contribution in [3.8, 4) is 11.5 Å². The van der Waals surface area contributed by atoms with Gasteiger partial charge in [0.1, 0.15) is 11.5 Å². The molecule has 0 aromatic heterocycles. The van der Waals surface area contributed by atoms with Crippen molar-refractivity contribution in [1.29, 1.82) is 0 Å². The lowest BCUT2D eigenvalue weighted by Crippen LogP contribution is -2.26. The second-order valence-corrected chi connectivity index (χ2v) is 9.41. The van der Waals surface area contributed by atoms with Crippen LogP contribution in [0.5, 0.6) is 11.5 Å². The van der Waals surface area contributed by atoms with Gasteiger partial charge in [-0.25, -0.2) is 0 Å². The fourth-order valence-corrected chi connectivity index (χ4v) is 4.99. The summed E-state index contributed by atoms with van der Waals surface area (Å²) in [6.45, 7) is 6.65. The van der Waals surface area contributed by atoms with Crippen molar-refractivity contribution in [2.75, 3.05) is 17.2 Å². The quantitative estimate of drug-likeness (QED) is 0.414. The summed E-state index contributed by atoms with van der Waals surface area (Å²) in [6.07, 6.45) is 1.37. The van der Waals surface area contributed by atoms with E-state index in [2.05, 4.69) is 47.0 Å². The third kappa shape index (κ3) is 4.90. The van der Waals surface area contributed by atoms with Gasteiger partial charge in [-0.2, -0.15) is 0 Å². The molecule has 180 valence electrons. The molecule has 5 rings (SSSR count). The van der Waals surface area contributed by atoms with E-state index in [1.165, 1.54) is 0 Å². The van der Waals surface area contributed by atoms with Gasteiger partial charge in [0.2, 0.25) is 0 Å². The summed E-state index contributed by atoms with van der Waals surface area (Å²) in [5.74, 6) is 1.98. The number of nitrogens with one attached hydrogen (secondary N) is 2. The van der Waals surface area contributed by atoms with E-state index in [4.69, 9.17) is 9.47 Å². The van der Waals surface area contributed by atoms with Gasteiger partial charge in [0, 0.05) is 17.7 Å². The Morgan fingerprint density at radius 1 is 0.857 bits per heavy atom. The van der Waals surface area contributed by atoms with E-state index in [9.17, 15) is 4.79 Å². The predicted octanol–water partition coefficient (Wildman–Crippen LogP) is 6.85. The highest BCUT2D eigenvalue weighted by molar-refractivity contribution is 6.01. The zero-order chi connectivity index (χ0) is 24.4. The molecule has 0 spiro atoms. The normalized spacial score (nSPS) is 19.3. The minimum Gasteiger partial charge on any atom is -0.494 e. The van der Waals surface area contributed by atoms with Crippen LogP contribution in [0.3, 0.4) is 0 Å². The van der Waals surface area contributed by atoms with E-state index in [0.29, 0.717) is 13.0 Å². The Kier molecular flexibility index (Phi) is 6.49. The van der Waals surface area contributed by atoms with Crippen molar-refractivity contribution in [3.05, 3.63) is 95.2 Å². The lowest BCUT2D eigenvalue weighted by atomic mass is 9.78. The minimum absolute atomic E-state index is 0.113. The maximum absolute atomic E-state index is 13.7. The van der Waals surface area contributed by atoms with Gasteiger partial charge in [0.25, 0.3) is 0 Å². The second-order valence-electron chi connectivity index (χ2n) is 9.41. The molecule has 0 fully saturated rings. The lowest BCUT2D eigenvalue weighted by Gasteiger charge is -2.30. The molecule has 5 heteroatoms. The molecule has 0 radical (unpaired) electrons. The number of Topliss-reactive ketones (excluding diaryl/α,β-unsaturated/α-hetero) is 1. The molecule has 0 saturated carbocycles. The molecule has 1 aliphatic carbocycles. The average molecular weight is 469 g/mol. The average Bonchev–Trinajstić information content (AvgIpc) is 3.02. The van der Waals surface area contributed by atoms with Crippen molar-refractivity contribution < 1.29 is 14.3 Å². The molecule has 35 heavy (non-hydrogen) atoms. The Hall–Kier alpha value is -3.73. The fourth-order valence-electron chi connectivity index (χ4n) is 4.99. The van der Waals surface area contributed by atoms with Crippen LogP contribution in [-0.4, -0.2) is 18.5 Å². The molecule has 1 heterocycles. The van der Waals surface area contributed by atoms with Gasteiger partial charge in [0.05, 0.1) is 30.1 Å². The van der Waals surface area contributed by atoms with Crippen molar-refractivity contribution in [2.45, 2.75) is 51.7 Å². The molecule has 5 nitrogen and oxygen atoms in total. The van der Waals surface area contributed by atoms with Gasteiger partial charge in [-0.1, -0.05) is 36.4 Å². The second kappa shape index (κ2) is 9.87. The number of hydrogen-bond acceptors (Lipinski definition) is 5. The number of allylic oxidation sites excluding steroid dienone is 1. The maximum Gasteiger partial charge on any atom is 0.163 e. The third-order valence-electron chi connectivity index (χ3n) is 6.56. The van der Waals surface area contributed by atoms with E-state index in [0.717, 1.165) is 51.7 Å². The van der Waals surface area contributed by atoms with Crippen molar-refractivity contribution in [1.82, 2.24) is 0 Å². The van der Waals surface area contributed by atoms with Crippen molar-refractivity contribution in [3.63, 3.8) is 0 Å². The topological polar surface area (TPSA) is 59.6 Å². The highest BCUT2D eigenvalue weighted by atomic mass is 16.5. The molecular formula is C30H32N2O3. The van der Waals surface area contributed by atoms with Gasteiger partial charge in [0.15, 0.2) is 5.78 Å². The number of fused-ring (bicyclic) bond motifs is 1. The zero-order valence-corrected chi connectivity index (χ0v) is 20.5. The molecule has 2 N–H and O–H groups in total. The van der Waals surface area contributed by atoms with Crippen LogP contribution in [0.15, 0.2) is 84.1 Å². The molecule has 0 bridgehead atoms. The predicted molar refractivity (Wildman–Crippen MR) is 140 cm³/mol. The molecular weight excluding hydrogens is 436 g/mol. The van der Waals surface area contributed by atoms with Gasteiger partial charge < -0.3 is 20.1 Å². The summed E-state index contributed by atoms with van der Waals surface area (Å²) >= 11 is 0. The van der Waals surface area contributed by atoms with Crippen LogP contribution in [0, 0.1) is 0 Å². The number of anilines is 2. The van der Waals surface area contributed by atoms with Gasteiger partial charge in [-0.05, 0) is 80.6 Å². The number of ether oxygens (including phenoxy) is 2. The van der Waals surface area contributed by atoms with Gasteiger partial charge in [-0.3, -0.25) is 4.79 Å². The van der Waals surface area contributed by atoms with Crippen LogP contribution in [-0.2, 0) is 4.79 Å². The number of hydrogen-bond donors (Lipinski definition) is 2. The van der Waals surface area contributed by atoms with E-state index in [1.54, 1.807) is 0 Å². The molecule has 2 aliphatic rings. The van der Waals surface area contributed by atoms with E-state index < -0.39 is 0 Å². The van der Waals surface area contributed by atoms with E-state index >= 15 is 0 Å². The van der Waals surface area contributed by atoms with Crippen LogP contribution >= 0.6 is 0 Å². The first kappa shape index (κ1) is 23.0. The Morgan fingerprint density at radius 3 is 2.20 bits per heavy atom. The van der Waals surface area contributed by atoms with Crippen LogP contribution in [0.1, 0.15) is 56.7 Å². The summed E-state index contributed by atoms with van der Waals surface area (Å²) in [5, 5.41) is 7.25. The largest absolute Gasteiger partial charge is 0.494 e. The minimum atomic E-state index is -0.233. The summed E-state index contributed by atoms with van der Waals surface area (Å²) in [4.78, 5) is 13.7. The Morgan fingerprint density at radius 2 is 1.51 bits per heavy atom. The zero-order valence-electron chi connectivity index (χ0n) is 20.5. The fraction of sp³-hybridized carbons (Fsp3) is 0.300. The summed E-state index contributed by atoms with van der Waals surface area (Å²) in [7, 11) is 0. The van der Waals surface area contributed by atoms with E-state index in [1.807, 2.05) is 57.2 Å². The van der Waals surface area contributed by atoms with Gasteiger partial charge >= 0.3 is 0 Å². The number of para-hydroxylation sites is 2. The number of benzene rings is 3. The molecule has 1 aliphatic heterocycles. The van der Waals surface area contributed by atoms with Crippen LogP contribution in [0.4, 0.5) is 11.4 Å². The number of carbonyl (C=O) groups excluding carboxylic acids is 1. The number of rotatable bonds is 6. The summed E-state index contributed by atoms with van der Waals surface area (Å²) < 4.78 is 11.4. The smallest absolute Gasteiger partial charge is 0.163 e. The van der Waals surface area contributed by atoms with Crippen molar-refractivity contribution in [2.24, 2.45) is 0 Å². The number of carbonyl (C=O) groups is 1. The summed E-state index contributed by atoms with van der Waals surface area (Å²) in [5.41, 5.74) is 5.99. The molecule has 0 saturated heterocycles. The first-order chi connectivity index (χ1) is 17.0. The Labute approximate surface area is 207 Å². The van der Waals surface area contributed by atoms with Crippen LogP contribution in [0.25, 0.3) is 0 Å². The first-order valence-corrected chi connectivity index (χ1v) is 12.4.